The number of anilines is 2. The molecule has 3 rings (SSSR count). The number of aryl methyl sites for hydroxylation is 1. The van der Waals surface area contributed by atoms with Crippen molar-refractivity contribution < 1.29 is 13.2 Å². The van der Waals surface area contributed by atoms with Crippen molar-refractivity contribution in [3.63, 3.8) is 0 Å². The van der Waals surface area contributed by atoms with Gasteiger partial charge >= 0.3 is 0 Å². The van der Waals surface area contributed by atoms with Crippen LogP contribution in [0.25, 0.3) is 10.9 Å². The van der Waals surface area contributed by atoms with E-state index in [2.05, 4.69) is 25.4 Å². The third-order valence-electron chi connectivity index (χ3n) is 3.85. The van der Waals surface area contributed by atoms with Crippen molar-refractivity contribution in [1.82, 2.24) is 20.1 Å². The van der Waals surface area contributed by atoms with Crippen molar-refractivity contribution >= 4 is 32.4 Å². The molecule has 0 amide bonds. The van der Waals surface area contributed by atoms with Gasteiger partial charge in [-0.1, -0.05) is 0 Å². The number of methoxy groups -OCH3 is 1. The molecule has 0 saturated heterocycles. The van der Waals surface area contributed by atoms with Crippen LogP contribution in [0, 0.1) is 0 Å². The predicted molar refractivity (Wildman–Crippen MR) is 104 cm³/mol. The van der Waals surface area contributed by atoms with Crippen LogP contribution in [0.4, 0.5) is 11.5 Å². The van der Waals surface area contributed by atoms with Gasteiger partial charge in [-0.2, -0.15) is 5.10 Å². The number of hydrogen-bond acceptors (Lipinski definition) is 7. The second-order valence-electron chi connectivity index (χ2n) is 5.60. The number of sulfonamides is 1. The molecule has 2 aromatic heterocycles. The lowest BCUT2D eigenvalue weighted by Crippen LogP contribution is -2.15. The van der Waals surface area contributed by atoms with Gasteiger partial charge in [-0.25, -0.2) is 13.4 Å². The van der Waals surface area contributed by atoms with Gasteiger partial charge in [0.05, 0.1) is 18.8 Å². The second kappa shape index (κ2) is 7.54. The maximum absolute atomic E-state index is 12.8. The van der Waals surface area contributed by atoms with E-state index < -0.39 is 10.0 Å². The fourth-order valence-corrected chi connectivity index (χ4v) is 3.57. The number of nitrogens with zero attached hydrogens (tertiary/aromatic N) is 3. The average molecular weight is 388 g/mol. The number of nitrogens with one attached hydrogen (secondary N) is 3. The molecule has 1 aromatic carbocycles. The molecule has 3 aromatic rings. The summed E-state index contributed by atoms with van der Waals surface area (Å²) in [7, 11) is 1.12. The van der Waals surface area contributed by atoms with E-state index in [1.54, 1.807) is 49.5 Å². The molecule has 10 heteroatoms. The number of rotatable bonds is 7. The van der Waals surface area contributed by atoms with Crippen LogP contribution in [0.3, 0.4) is 0 Å². The van der Waals surface area contributed by atoms with E-state index in [0.717, 1.165) is 5.39 Å². The third-order valence-corrected chi connectivity index (χ3v) is 5.18. The Morgan fingerprint density at radius 2 is 1.96 bits per heavy atom. The summed E-state index contributed by atoms with van der Waals surface area (Å²) in [5.41, 5.74) is 0.954. The molecular formula is C17H20N6O3S. The van der Waals surface area contributed by atoms with E-state index in [1.165, 1.54) is 19.4 Å². The van der Waals surface area contributed by atoms with Crippen LogP contribution in [0.1, 0.15) is 0 Å². The van der Waals surface area contributed by atoms with Gasteiger partial charge in [0, 0.05) is 38.1 Å². The van der Waals surface area contributed by atoms with Crippen molar-refractivity contribution in [1.29, 1.82) is 0 Å². The lowest BCUT2D eigenvalue weighted by molar-refractivity contribution is 0.417. The number of aromatic nitrogens is 3. The van der Waals surface area contributed by atoms with E-state index in [1.807, 2.05) is 6.07 Å². The summed E-state index contributed by atoms with van der Waals surface area (Å²) in [6.07, 6.45) is 6.29. The van der Waals surface area contributed by atoms with Crippen molar-refractivity contribution in [2.45, 2.75) is 4.90 Å². The normalized spacial score (nSPS) is 11.7. The van der Waals surface area contributed by atoms with Crippen LogP contribution in [0.15, 0.2) is 54.0 Å². The summed E-state index contributed by atoms with van der Waals surface area (Å²) in [5, 5.41) is 10.7. The van der Waals surface area contributed by atoms with E-state index in [4.69, 9.17) is 4.74 Å². The molecule has 0 atom stereocenters. The molecule has 2 heterocycles. The second-order valence-corrected chi connectivity index (χ2v) is 7.28. The highest BCUT2D eigenvalue weighted by Gasteiger charge is 2.20. The average Bonchev–Trinajstić information content (AvgIpc) is 3.04. The standard InChI is InChI=1S/C17H20N6O3S/c1-18-8-9-19-15-7-5-13(11-20-15)27(24,25)22-16-14(26-3)6-4-12-10-21-23(2)17(12)16/h4-11,18,22H,1-3H3,(H,19,20)/b9-8-. The van der Waals surface area contributed by atoms with E-state index in [-0.39, 0.29) is 4.90 Å². The van der Waals surface area contributed by atoms with Gasteiger partial charge in [0.15, 0.2) is 0 Å². The van der Waals surface area contributed by atoms with Crippen molar-refractivity contribution in [2.24, 2.45) is 7.05 Å². The SMILES string of the molecule is CN/C=C\Nc1ccc(S(=O)(=O)Nc2c(OC)ccc3cnn(C)c23)cn1. The molecule has 0 fully saturated rings. The first-order valence-electron chi connectivity index (χ1n) is 8.02. The Labute approximate surface area is 157 Å². The first-order chi connectivity index (χ1) is 13.0. The Balaban J connectivity index is 1.94. The molecule has 27 heavy (non-hydrogen) atoms. The minimum absolute atomic E-state index is 0.0341. The minimum atomic E-state index is -3.87. The zero-order chi connectivity index (χ0) is 19.4. The summed E-state index contributed by atoms with van der Waals surface area (Å²) in [4.78, 5) is 4.15. The van der Waals surface area contributed by atoms with Crippen molar-refractivity contribution in [2.75, 3.05) is 24.2 Å². The first kappa shape index (κ1) is 18.5. The number of fused-ring (bicyclic) bond motifs is 1. The van der Waals surface area contributed by atoms with E-state index in [0.29, 0.717) is 22.8 Å². The summed E-state index contributed by atoms with van der Waals surface area (Å²) < 4.78 is 35.2. The topological polar surface area (TPSA) is 110 Å². The molecule has 0 radical (unpaired) electrons. The lowest BCUT2D eigenvalue weighted by atomic mass is 10.2. The van der Waals surface area contributed by atoms with Crippen molar-refractivity contribution in [3.05, 3.63) is 49.1 Å². The quantitative estimate of drug-likeness (QED) is 0.567. The summed E-state index contributed by atoms with van der Waals surface area (Å²) in [6.45, 7) is 0. The maximum atomic E-state index is 12.8. The number of ether oxygens (including phenoxy) is 1. The molecule has 0 spiro atoms. The fraction of sp³-hybridized carbons (Fsp3) is 0.176. The lowest BCUT2D eigenvalue weighted by Gasteiger charge is -2.14. The maximum Gasteiger partial charge on any atom is 0.263 e. The van der Waals surface area contributed by atoms with Gasteiger partial charge in [0.1, 0.15) is 22.2 Å². The molecule has 9 nitrogen and oxygen atoms in total. The predicted octanol–water partition coefficient (Wildman–Crippen LogP) is 1.88. The smallest absolute Gasteiger partial charge is 0.263 e. The first-order valence-corrected chi connectivity index (χ1v) is 9.51. The summed E-state index contributed by atoms with van der Waals surface area (Å²) in [6, 6.07) is 6.57. The van der Waals surface area contributed by atoms with Crippen LogP contribution < -0.4 is 20.1 Å². The highest BCUT2D eigenvalue weighted by Crippen LogP contribution is 2.34. The number of hydrogen-bond donors (Lipinski definition) is 3. The molecule has 0 unspecified atom stereocenters. The van der Waals surface area contributed by atoms with Gasteiger partial charge in [-0.15, -0.1) is 0 Å². The molecule has 0 bridgehead atoms. The highest BCUT2D eigenvalue weighted by molar-refractivity contribution is 7.92. The zero-order valence-corrected chi connectivity index (χ0v) is 15.9. The van der Waals surface area contributed by atoms with Gasteiger partial charge in [0.25, 0.3) is 10.0 Å². The van der Waals surface area contributed by atoms with Crippen LogP contribution in [-0.2, 0) is 17.1 Å². The van der Waals surface area contributed by atoms with Crippen molar-refractivity contribution in [3.8, 4) is 5.75 Å². The third kappa shape index (κ3) is 3.80. The fourth-order valence-electron chi connectivity index (χ4n) is 2.55. The van der Waals surface area contributed by atoms with Gasteiger partial charge in [-0.3, -0.25) is 9.40 Å². The van der Waals surface area contributed by atoms with Crippen LogP contribution in [-0.4, -0.2) is 37.3 Å². The summed E-state index contributed by atoms with van der Waals surface area (Å²) >= 11 is 0. The molecule has 142 valence electrons. The molecule has 0 saturated carbocycles. The molecule has 0 aliphatic heterocycles. The molecule has 0 aliphatic rings. The monoisotopic (exact) mass is 388 g/mol. The largest absolute Gasteiger partial charge is 0.494 e. The van der Waals surface area contributed by atoms with Crippen LogP contribution in [0.5, 0.6) is 5.75 Å². The highest BCUT2D eigenvalue weighted by atomic mass is 32.2. The van der Waals surface area contributed by atoms with Gasteiger partial charge < -0.3 is 15.4 Å². The van der Waals surface area contributed by atoms with Gasteiger partial charge in [-0.05, 0) is 24.3 Å². The Morgan fingerprint density at radius 3 is 2.63 bits per heavy atom. The number of pyridine rings is 1. The van der Waals surface area contributed by atoms with Crippen LogP contribution in [0.2, 0.25) is 0 Å². The molecule has 3 N–H and O–H groups in total. The Hall–Kier alpha value is -3.27. The minimum Gasteiger partial charge on any atom is -0.494 e. The zero-order valence-electron chi connectivity index (χ0n) is 15.1. The molecular weight excluding hydrogens is 368 g/mol. The Kier molecular flexibility index (Phi) is 5.17. The van der Waals surface area contributed by atoms with E-state index in [9.17, 15) is 8.42 Å². The Morgan fingerprint density at radius 1 is 1.15 bits per heavy atom. The molecule has 0 aliphatic carbocycles. The number of benzene rings is 1. The summed E-state index contributed by atoms with van der Waals surface area (Å²) in [5.74, 6) is 0.921. The Bertz CT molecular complexity index is 1070. The van der Waals surface area contributed by atoms with E-state index >= 15 is 0 Å². The van der Waals surface area contributed by atoms with Gasteiger partial charge in [0.2, 0.25) is 0 Å². The van der Waals surface area contributed by atoms with Crippen LogP contribution >= 0.6 is 0 Å².